The van der Waals surface area contributed by atoms with Gasteiger partial charge in [0.2, 0.25) is 5.89 Å². The number of hydrogen-bond acceptors (Lipinski definition) is 5. The summed E-state index contributed by atoms with van der Waals surface area (Å²) in [6.07, 6.45) is 3.55. The van der Waals surface area contributed by atoms with Crippen LogP contribution in [0.25, 0.3) is 0 Å². The Balaban J connectivity index is 2.01. The first kappa shape index (κ1) is 11.5. The van der Waals surface area contributed by atoms with Crippen LogP contribution in [-0.4, -0.2) is 23.9 Å². The molecule has 0 radical (unpaired) electrons. The molecular formula is C11H19N3O2. The van der Waals surface area contributed by atoms with Gasteiger partial charge in [0.1, 0.15) is 6.04 Å². The molecule has 0 aliphatic heterocycles. The third-order valence-corrected chi connectivity index (χ3v) is 3.18. The van der Waals surface area contributed by atoms with Crippen LogP contribution in [0.4, 0.5) is 0 Å². The largest absolute Gasteiger partial charge is 0.383 e. The Morgan fingerprint density at radius 2 is 2.38 bits per heavy atom. The van der Waals surface area contributed by atoms with Gasteiger partial charge in [-0.3, -0.25) is 0 Å². The maximum atomic E-state index is 5.82. The molecule has 1 saturated carbocycles. The molecular weight excluding hydrogens is 206 g/mol. The van der Waals surface area contributed by atoms with E-state index in [1.165, 1.54) is 6.42 Å². The highest BCUT2D eigenvalue weighted by Crippen LogP contribution is 2.36. The van der Waals surface area contributed by atoms with Crippen LogP contribution in [-0.2, 0) is 4.74 Å². The lowest BCUT2D eigenvalue weighted by atomic mass is 10.1. The first-order valence-electron chi connectivity index (χ1n) is 5.78. The minimum absolute atomic E-state index is 0.315. The minimum Gasteiger partial charge on any atom is -0.383 e. The van der Waals surface area contributed by atoms with E-state index in [9.17, 15) is 0 Å². The van der Waals surface area contributed by atoms with Gasteiger partial charge in [0.25, 0.3) is 0 Å². The standard InChI is InChI=1S/C11H19N3O2/c1-7-3-4-8(5-7)10-13-11(16-14-10)9(12)6-15-2/h7-9H,3-6,12H2,1-2H3. The van der Waals surface area contributed by atoms with Crippen molar-refractivity contribution in [2.75, 3.05) is 13.7 Å². The molecule has 1 aliphatic rings. The third-order valence-electron chi connectivity index (χ3n) is 3.18. The number of ether oxygens (including phenoxy) is 1. The summed E-state index contributed by atoms with van der Waals surface area (Å²) in [6, 6.07) is -0.315. The highest BCUT2D eigenvalue weighted by molar-refractivity contribution is 5.00. The molecule has 3 unspecified atom stereocenters. The summed E-state index contributed by atoms with van der Waals surface area (Å²) >= 11 is 0. The molecule has 1 fully saturated rings. The van der Waals surface area contributed by atoms with Gasteiger partial charge in [-0.25, -0.2) is 0 Å². The molecule has 0 amide bonds. The number of nitrogens with two attached hydrogens (primary N) is 1. The second-order valence-electron chi connectivity index (χ2n) is 4.67. The topological polar surface area (TPSA) is 74.2 Å². The molecule has 1 heterocycles. The van der Waals surface area contributed by atoms with Crippen LogP contribution in [0.15, 0.2) is 4.52 Å². The summed E-state index contributed by atoms with van der Waals surface area (Å²) in [4.78, 5) is 4.36. The lowest BCUT2D eigenvalue weighted by Gasteiger charge is -2.04. The molecule has 0 spiro atoms. The summed E-state index contributed by atoms with van der Waals surface area (Å²) < 4.78 is 10.1. The van der Waals surface area contributed by atoms with Gasteiger partial charge in [-0.05, 0) is 25.2 Å². The van der Waals surface area contributed by atoms with Gasteiger partial charge in [0.15, 0.2) is 5.82 Å². The zero-order chi connectivity index (χ0) is 11.5. The quantitative estimate of drug-likeness (QED) is 0.842. The maximum Gasteiger partial charge on any atom is 0.245 e. The van der Waals surface area contributed by atoms with Crippen molar-refractivity contribution < 1.29 is 9.26 Å². The van der Waals surface area contributed by atoms with Crippen molar-refractivity contribution in [3.05, 3.63) is 11.7 Å². The zero-order valence-corrected chi connectivity index (χ0v) is 9.85. The van der Waals surface area contributed by atoms with Crippen LogP contribution in [0.5, 0.6) is 0 Å². The van der Waals surface area contributed by atoms with E-state index in [1.54, 1.807) is 7.11 Å². The van der Waals surface area contributed by atoms with Gasteiger partial charge in [0.05, 0.1) is 6.61 Å². The van der Waals surface area contributed by atoms with Gasteiger partial charge >= 0.3 is 0 Å². The molecule has 0 bridgehead atoms. The van der Waals surface area contributed by atoms with Crippen molar-refractivity contribution in [2.24, 2.45) is 11.7 Å². The first-order valence-corrected chi connectivity index (χ1v) is 5.78. The Morgan fingerprint density at radius 3 is 3.00 bits per heavy atom. The molecule has 16 heavy (non-hydrogen) atoms. The number of hydrogen-bond donors (Lipinski definition) is 1. The van der Waals surface area contributed by atoms with Crippen LogP contribution in [0, 0.1) is 5.92 Å². The molecule has 0 aromatic carbocycles. The molecule has 1 aromatic rings. The van der Waals surface area contributed by atoms with Crippen LogP contribution in [0.1, 0.15) is 49.9 Å². The fraction of sp³-hybridized carbons (Fsp3) is 0.818. The van der Waals surface area contributed by atoms with Gasteiger partial charge in [-0.2, -0.15) is 4.98 Å². The maximum absolute atomic E-state index is 5.82. The minimum atomic E-state index is -0.315. The van der Waals surface area contributed by atoms with E-state index in [2.05, 4.69) is 17.1 Å². The Morgan fingerprint density at radius 1 is 1.56 bits per heavy atom. The highest BCUT2D eigenvalue weighted by atomic mass is 16.5. The van der Waals surface area contributed by atoms with E-state index in [4.69, 9.17) is 15.0 Å². The van der Waals surface area contributed by atoms with Gasteiger partial charge in [0, 0.05) is 13.0 Å². The first-order chi connectivity index (χ1) is 7.70. The number of rotatable bonds is 4. The fourth-order valence-electron chi connectivity index (χ4n) is 2.26. The van der Waals surface area contributed by atoms with E-state index < -0.39 is 0 Å². The van der Waals surface area contributed by atoms with Crippen molar-refractivity contribution in [3.63, 3.8) is 0 Å². The Kier molecular flexibility index (Phi) is 3.56. The molecule has 1 aromatic heterocycles. The van der Waals surface area contributed by atoms with E-state index in [0.29, 0.717) is 18.4 Å². The normalized spacial score (nSPS) is 27.2. The second-order valence-corrected chi connectivity index (χ2v) is 4.67. The van der Waals surface area contributed by atoms with Gasteiger partial charge in [-0.15, -0.1) is 0 Å². The van der Waals surface area contributed by atoms with Gasteiger partial charge < -0.3 is 15.0 Å². The van der Waals surface area contributed by atoms with E-state index in [-0.39, 0.29) is 6.04 Å². The Labute approximate surface area is 95.3 Å². The molecule has 1 aliphatic carbocycles. The molecule has 5 heteroatoms. The molecule has 0 saturated heterocycles. The average molecular weight is 225 g/mol. The Hall–Kier alpha value is -0.940. The van der Waals surface area contributed by atoms with Crippen molar-refractivity contribution in [2.45, 2.75) is 38.1 Å². The van der Waals surface area contributed by atoms with Gasteiger partial charge in [-0.1, -0.05) is 12.1 Å². The van der Waals surface area contributed by atoms with Crippen molar-refractivity contribution >= 4 is 0 Å². The predicted octanol–water partition coefficient (Wildman–Crippen LogP) is 1.62. The third kappa shape index (κ3) is 2.41. The molecule has 3 atom stereocenters. The number of nitrogens with zero attached hydrogens (tertiary/aromatic N) is 2. The van der Waals surface area contributed by atoms with Crippen LogP contribution in [0.3, 0.4) is 0 Å². The molecule has 2 N–H and O–H groups in total. The number of aromatic nitrogens is 2. The monoisotopic (exact) mass is 225 g/mol. The van der Waals surface area contributed by atoms with Crippen LogP contribution < -0.4 is 5.73 Å². The summed E-state index contributed by atoms with van der Waals surface area (Å²) in [5.41, 5.74) is 5.82. The van der Waals surface area contributed by atoms with Crippen molar-refractivity contribution in [1.29, 1.82) is 0 Å². The average Bonchev–Trinajstić information content (AvgIpc) is 2.85. The smallest absolute Gasteiger partial charge is 0.245 e. The lowest BCUT2D eigenvalue weighted by molar-refractivity contribution is 0.166. The SMILES string of the molecule is COCC(N)c1nc(C2CCC(C)C2)no1. The summed E-state index contributed by atoms with van der Waals surface area (Å²) in [5.74, 6) is 2.50. The zero-order valence-electron chi connectivity index (χ0n) is 9.85. The lowest BCUT2D eigenvalue weighted by Crippen LogP contribution is -2.16. The van der Waals surface area contributed by atoms with Crippen LogP contribution in [0.2, 0.25) is 0 Å². The second kappa shape index (κ2) is 4.93. The van der Waals surface area contributed by atoms with Crippen LogP contribution >= 0.6 is 0 Å². The number of methoxy groups -OCH3 is 1. The van der Waals surface area contributed by atoms with E-state index in [0.717, 1.165) is 24.6 Å². The predicted molar refractivity (Wildman–Crippen MR) is 58.9 cm³/mol. The summed E-state index contributed by atoms with van der Waals surface area (Å²) in [5, 5.41) is 4.01. The molecule has 5 nitrogen and oxygen atoms in total. The van der Waals surface area contributed by atoms with Crippen molar-refractivity contribution in [3.8, 4) is 0 Å². The summed E-state index contributed by atoms with van der Waals surface area (Å²) in [6.45, 7) is 2.67. The highest BCUT2D eigenvalue weighted by Gasteiger charge is 2.27. The molecule has 2 rings (SSSR count). The fourth-order valence-corrected chi connectivity index (χ4v) is 2.26. The Bertz CT molecular complexity index is 340. The molecule has 90 valence electrons. The van der Waals surface area contributed by atoms with Crippen molar-refractivity contribution in [1.82, 2.24) is 10.1 Å². The van der Waals surface area contributed by atoms with E-state index >= 15 is 0 Å². The summed E-state index contributed by atoms with van der Waals surface area (Å²) in [7, 11) is 1.61. The van der Waals surface area contributed by atoms with E-state index in [1.807, 2.05) is 0 Å².